The minimum absolute atomic E-state index is 0. The second kappa shape index (κ2) is 10.1. The van der Waals surface area contributed by atoms with E-state index >= 15 is 0 Å². The van der Waals surface area contributed by atoms with Gasteiger partial charge >= 0.3 is 0 Å². The third kappa shape index (κ3) is 4.90. The van der Waals surface area contributed by atoms with E-state index in [0.29, 0.717) is 12.0 Å². The first-order valence-electron chi connectivity index (χ1n) is 9.30. The molecule has 0 bridgehead atoms. The number of hydrogen-bond acceptors (Lipinski definition) is 3. The molecule has 0 atom stereocenters. The first-order chi connectivity index (χ1) is 12.7. The maximum absolute atomic E-state index is 12.5. The van der Waals surface area contributed by atoms with Gasteiger partial charge in [-0.3, -0.25) is 4.79 Å². The standard InChI is InChI=1S/C22H26N2O2.ClH/c1-3-24(4-2)15-10-16-26-21-18-13-8-9-14-19(18)22(25)23-20(21)17-11-6-5-7-12-17;/h5-9,11-14H,3-4,10,15-16H2,1-2H3,(H,23,25);1H. The molecule has 0 amide bonds. The number of rotatable bonds is 8. The average molecular weight is 387 g/mol. The largest absolute Gasteiger partial charge is 0.491 e. The molecule has 0 unspecified atom stereocenters. The molecule has 0 saturated heterocycles. The number of fused-ring (bicyclic) bond motifs is 1. The summed E-state index contributed by atoms with van der Waals surface area (Å²) in [6.07, 6.45) is 0.948. The number of nitrogens with one attached hydrogen (secondary N) is 1. The second-order valence-corrected chi connectivity index (χ2v) is 6.30. The van der Waals surface area contributed by atoms with Gasteiger partial charge in [0.15, 0.2) is 5.75 Å². The van der Waals surface area contributed by atoms with Crippen molar-refractivity contribution >= 4 is 23.2 Å². The fourth-order valence-corrected chi connectivity index (χ4v) is 3.21. The quantitative estimate of drug-likeness (QED) is 0.569. The molecule has 144 valence electrons. The van der Waals surface area contributed by atoms with Gasteiger partial charge in [-0.15, -0.1) is 12.4 Å². The normalized spacial score (nSPS) is 10.8. The molecule has 0 fully saturated rings. The zero-order valence-corrected chi connectivity index (χ0v) is 16.7. The molecular weight excluding hydrogens is 360 g/mol. The Labute approximate surface area is 166 Å². The third-order valence-electron chi connectivity index (χ3n) is 4.70. The number of nitrogens with zero attached hydrogens (tertiary/aromatic N) is 1. The number of aromatic amines is 1. The Balaban J connectivity index is 0.00000261. The molecule has 2 aromatic carbocycles. The Morgan fingerprint density at radius 2 is 1.56 bits per heavy atom. The lowest BCUT2D eigenvalue weighted by atomic mass is 10.1. The zero-order valence-electron chi connectivity index (χ0n) is 15.9. The van der Waals surface area contributed by atoms with Gasteiger partial charge in [0.25, 0.3) is 5.56 Å². The van der Waals surface area contributed by atoms with E-state index in [2.05, 4.69) is 23.7 Å². The van der Waals surface area contributed by atoms with Crippen molar-refractivity contribution in [2.24, 2.45) is 0 Å². The van der Waals surface area contributed by atoms with Gasteiger partial charge in [-0.25, -0.2) is 0 Å². The van der Waals surface area contributed by atoms with Gasteiger partial charge in [-0.05, 0) is 25.6 Å². The number of aromatic nitrogens is 1. The summed E-state index contributed by atoms with van der Waals surface area (Å²) in [6, 6.07) is 17.5. The van der Waals surface area contributed by atoms with Crippen LogP contribution in [0.2, 0.25) is 0 Å². The van der Waals surface area contributed by atoms with Gasteiger partial charge in [-0.1, -0.05) is 62.4 Å². The van der Waals surface area contributed by atoms with Gasteiger partial charge in [0.1, 0.15) is 0 Å². The van der Waals surface area contributed by atoms with Crippen LogP contribution in [0.25, 0.3) is 22.0 Å². The molecule has 27 heavy (non-hydrogen) atoms. The summed E-state index contributed by atoms with van der Waals surface area (Å²) in [7, 11) is 0. The van der Waals surface area contributed by atoms with Crippen molar-refractivity contribution in [3.63, 3.8) is 0 Å². The van der Waals surface area contributed by atoms with Crippen molar-refractivity contribution in [2.45, 2.75) is 20.3 Å². The molecular formula is C22H27ClN2O2. The molecule has 0 saturated carbocycles. The summed E-state index contributed by atoms with van der Waals surface area (Å²) in [5.41, 5.74) is 1.61. The van der Waals surface area contributed by atoms with Gasteiger partial charge in [-0.2, -0.15) is 0 Å². The van der Waals surface area contributed by atoms with Crippen molar-refractivity contribution in [3.8, 4) is 17.0 Å². The Morgan fingerprint density at radius 3 is 2.22 bits per heavy atom. The van der Waals surface area contributed by atoms with Crippen LogP contribution in [0.5, 0.6) is 5.75 Å². The van der Waals surface area contributed by atoms with Crippen LogP contribution >= 0.6 is 12.4 Å². The molecule has 0 aliphatic carbocycles. The summed E-state index contributed by atoms with van der Waals surface area (Å²) in [5, 5.41) is 1.52. The number of H-pyrrole nitrogens is 1. The van der Waals surface area contributed by atoms with Crippen molar-refractivity contribution in [2.75, 3.05) is 26.2 Å². The highest BCUT2D eigenvalue weighted by Gasteiger charge is 2.14. The van der Waals surface area contributed by atoms with Crippen LogP contribution in [0.1, 0.15) is 20.3 Å². The molecule has 1 aromatic heterocycles. The van der Waals surface area contributed by atoms with E-state index in [-0.39, 0.29) is 18.0 Å². The van der Waals surface area contributed by atoms with Gasteiger partial charge in [0, 0.05) is 17.5 Å². The zero-order chi connectivity index (χ0) is 18.4. The topological polar surface area (TPSA) is 45.3 Å². The third-order valence-corrected chi connectivity index (χ3v) is 4.70. The van der Waals surface area contributed by atoms with Crippen LogP contribution in [0, 0.1) is 0 Å². The van der Waals surface area contributed by atoms with E-state index in [9.17, 15) is 4.79 Å². The van der Waals surface area contributed by atoms with Crippen molar-refractivity contribution in [1.29, 1.82) is 0 Å². The predicted molar refractivity (Wildman–Crippen MR) is 115 cm³/mol. The molecule has 3 aromatic rings. The highest BCUT2D eigenvalue weighted by Crippen LogP contribution is 2.33. The average Bonchev–Trinajstić information content (AvgIpc) is 2.70. The number of ether oxygens (including phenoxy) is 1. The van der Waals surface area contributed by atoms with E-state index in [0.717, 1.165) is 48.4 Å². The van der Waals surface area contributed by atoms with Gasteiger partial charge in [0.2, 0.25) is 0 Å². The summed E-state index contributed by atoms with van der Waals surface area (Å²) in [4.78, 5) is 17.9. The van der Waals surface area contributed by atoms with E-state index in [1.807, 2.05) is 54.6 Å². The summed E-state index contributed by atoms with van der Waals surface area (Å²) in [6.45, 7) is 8.07. The molecule has 5 heteroatoms. The Bertz CT molecular complexity index is 905. The van der Waals surface area contributed by atoms with E-state index in [4.69, 9.17) is 4.74 Å². The smallest absolute Gasteiger partial charge is 0.256 e. The molecule has 0 spiro atoms. The molecule has 4 nitrogen and oxygen atoms in total. The molecule has 0 aliphatic heterocycles. The van der Waals surface area contributed by atoms with Crippen LogP contribution in [-0.4, -0.2) is 36.1 Å². The van der Waals surface area contributed by atoms with Crippen LogP contribution < -0.4 is 10.3 Å². The Hall–Kier alpha value is -2.30. The lowest BCUT2D eigenvalue weighted by Crippen LogP contribution is -2.25. The first-order valence-corrected chi connectivity index (χ1v) is 9.30. The maximum atomic E-state index is 12.5. The minimum atomic E-state index is -0.0880. The predicted octanol–water partition coefficient (Wildman–Crippen LogP) is 4.73. The highest BCUT2D eigenvalue weighted by molar-refractivity contribution is 5.92. The Kier molecular flexibility index (Phi) is 7.89. The number of halogens is 1. The number of hydrogen-bond donors (Lipinski definition) is 1. The van der Waals surface area contributed by atoms with Crippen LogP contribution in [0.4, 0.5) is 0 Å². The fraction of sp³-hybridized carbons (Fsp3) is 0.318. The first kappa shape index (κ1) is 21.0. The van der Waals surface area contributed by atoms with E-state index in [1.54, 1.807) is 0 Å². The number of pyridine rings is 1. The summed E-state index contributed by atoms with van der Waals surface area (Å²) >= 11 is 0. The molecule has 1 N–H and O–H groups in total. The lowest BCUT2D eigenvalue weighted by Gasteiger charge is -2.19. The van der Waals surface area contributed by atoms with E-state index in [1.165, 1.54) is 0 Å². The van der Waals surface area contributed by atoms with Crippen molar-refractivity contribution < 1.29 is 4.74 Å². The monoisotopic (exact) mass is 386 g/mol. The second-order valence-electron chi connectivity index (χ2n) is 6.30. The van der Waals surface area contributed by atoms with Crippen molar-refractivity contribution in [3.05, 3.63) is 65.0 Å². The summed E-state index contributed by atoms with van der Waals surface area (Å²) < 4.78 is 6.20. The fourth-order valence-electron chi connectivity index (χ4n) is 3.21. The molecule has 0 radical (unpaired) electrons. The van der Waals surface area contributed by atoms with Crippen LogP contribution in [0.15, 0.2) is 59.4 Å². The maximum Gasteiger partial charge on any atom is 0.256 e. The van der Waals surface area contributed by atoms with Crippen LogP contribution in [0.3, 0.4) is 0 Å². The van der Waals surface area contributed by atoms with Gasteiger partial charge in [0.05, 0.1) is 17.7 Å². The molecule has 3 rings (SSSR count). The minimum Gasteiger partial charge on any atom is -0.491 e. The SMILES string of the molecule is CCN(CC)CCCOc1c(-c2ccccc2)[nH]c(=O)c2ccccc12.Cl. The molecule has 1 heterocycles. The van der Waals surface area contributed by atoms with E-state index < -0.39 is 0 Å². The molecule has 0 aliphatic rings. The number of benzene rings is 2. The van der Waals surface area contributed by atoms with Gasteiger partial charge < -0.3 is 14.6 Å². The highest BCUT2D eigenvalue weighted by atomic mass is 35.5. The Morgan fingerprint density at radius 1 is 0.926 bits per heavy atom. The van der Waals surface area contributed by atoms with Crippen LogP contribution in [-0.2, 0) is 0 Å². The summed E-state index contributed by atoms with van der Waals surface area (Å²) in [5.74, 6) is 0.756. The lowest BCUT2D eigenvalue weighted by molar-refractivity contribution is 0.250. The van der Waals surface area contributed by atoms with Crippen molar-refractivity contribution in [1.82, 2.24) is 9.88 Å².